The van der Waals surface area contributed by atoms with E-state index in [-0.39, 0.29) is 23.9 Å². The van der Waals surface area contributed by atoms with Crippen molar-refractivity contribution < 1.29 is 9.53 Å². The number of hydrogen-bond acceptors (Lipinski definition) is 2. The van der Waals surface area contributed by atoms with Crippen LogP contribution in [-0.2, 0) is 9.53 Å². The van der Waals surface area contributed by atoms with Gasteiger partial charge in [0.15, 0.2) is 0 Å². The van der Waals surface area contributed by atoms with Gasteiger partial charge < -0.3 is 9.64 Å². The monoisotopic (exact) mass is 457 g/mol. The second kappa shape index (κ2) is 9.36. The van der Waals surface area contributed by atoms with Crippen molar-refractivity contribution in [1.82, 2.24) is 4.90 Å². The Hall–Kier alpha value is -1.81. The molecule has 2 aromatic rings. The lowest BCUT2D eigenvalue weighted by Crippen LogP contribution is -2.57. The molecule has 3 unspecified atom stereocenters. The summed E-state index contributed by atoms with van der Waals surface area (Å²) in [6.45, 7) is 7.34. The van der Waals surface area contributed by atoms with Crippen molar-refractivity contribution in [2.75, 3.05) is 13.2 Å². The lowest BCUT2D eigenvalue weighted by molar-refractivity contribution is -0.158. The quantitative estimate of drug-likeness (QED) is 0.461. The summed E-state index contributed by atoms with van der Waals surface area (Å²) < 4.78 is 5.82. The van der Waals surface area contributed by atoms with E-state index in [9.17, 15) is 4.79 Å². The number of allylic oxidation sites excluding steroid dienone is 1. The Kier molecular flexibility index (Phi) is 6.76. The van der Waals surface area contributed by atoms with Crippen LogP contribution < -0.4 is 0 Å². The van der Waals surface area contributed by atoms with E-state index < -0.39 is 5.41 Å². The first kappa shape index (κ1) is 22.4. The van der Waals surface area contributed by atoms with Gasteiger partial charge in [-0.3, -0.25) is 4.79 Å². The van der Waals surface area contributed by atoms with Crippen LogP contribution in [0.2, 0.25) is 10.0 Å². The van der Waals surface area contributed by atoms with E-state index in [0.717, 1.165) is 37.0 Å². The van der Waals surface area contributed by atoms with E-state index >= 15 is 0 Å². The van der Waals surface area contributed by atoms with Crippen LogP contribution in [0.25, 0.3) is 0 Å². The predicted molar refractivity (Wildman–Crippen MR) is 127 cm³/mol. The summed E-state index contributed by atoms with van der Waals surface area (Å²) in [5.74, 6) is 0.283. The number of carbonyl (C=O) groups is 1. The molecule has 4 rings (SSSR count). The minimum atomic E-state index is -0.519. The molecule has 2 aromatic carbocycles. The van der Waals surface area contributed by atoms with Gasteiger partial charge in [0.1, 0.15) is 0 Å². The zero-order valence-corrected chi connectivity index (χ0v) is 19.4. The average Bonchev–Trinajstić information content (AvgIpc) is 2.77. The topological polar surface area (TPSA) is 29.5 Å². The van der Waals surface area contributed by atoms with Gasteiger partial charge in [-0.25, -0.2) is 0 Å². The molecule has 2 fully saturated rings. The van der Waals surface area contributed by atoms with Gasteiger partial charge in [0.2, 0.25) is 5.91 Å². The van der Waals surface area contributed by atoms with Crippen molar-refractivity contribution >= 4 is 29.1 Å². The largest absolute Gasteiger partial charge is 0.379 e. The molecule has 2 aliphatic heterocycles. The van der Waals surface area contributed by atoms with Crippen LogP contribution in [0.15, 0.2) is 61.2 Å². The molecule has 2 heterocycles. The number of hydrogen-bond donors (Lipinski definition) is 0. The molecule has 0 spiro atoms. The number of amides is 1. The van der Waals surface area contributed by atoms with Crippen LogP contribution in [0.1, 0.15) is 55.7 Å². The zero-order valence-electron chi connectivity index (χ0n) is 17.9. The maximum Gasteiger partial charge on any atom is 0.229 e. The fourth-order valence-corrected chi connectivity index (χ4v) is 5.56. The number of rotatable bonds is 5. The van der Waals surface area contributed by atoms with Crippen molar-refractivity contribution in [2.24, 2.45) is 5.41 Å². The molecule has 1 amide bonds. The van der Waals surface area contributed by atoms with E-state index in [0.29, 0.717) is 23.1 Å². The van der Waals surface area contributed by atoms with Crippen LogP contribution in [0.3, 0.4) is 0 Å². The molecule has 0 radical (unpaired) electrons. The first-order valence-electron chi connectivity index (χ1n) is 11.0. The van der Waals surface area contributed by atoms with Crippen molar-refractivity contribution in [3.05, 3.63) is 82.4 Å². The third kappa shape index (κ3) is 4.55. The number of carbonyl (C=O) groups excluding carboxylic acids is 1. The first-order valence-corrected chi connectivity index (χ1v) is 11.7. The van der Waals surface area contributed by atoms with Crippen molar-refractivity contribution in [1.29, 1.82) is 0 Å². The molecule has 0 aromatic heterocycles. The number of benzene rings is 2. The first-order chi connectivity index (χ1) is 14.9. The summed E-state index contributed by atoms with van der Waals surface area (Å²) in [6, 6.07) is 15.9. The molecule has 0 bridgehead atoms. The van der Waals surface area contributed by atoms with E-state index in [1.165, 1.54) is 0 Å². The molecule has 164 valence electrons. The molecule has 0 saturated carbocycles. The van der Waals surface area contributed by atoms with Crippen LogP contribution in [0, 0.1) is 5.41 Å². The van der Waals surface area contributed by atoms with E-state index in [1.807, 2.05) is 48.5 Å². The lowest BCUT2D eigenvalue weighted by atomic mass is 9.67. The Bertz CT molecular complexity index is 939. The predicted octanol–water partition coefficient (Wildman–Crippen LogP) is 6.81. The molecule has 2 saturated heterocycles. The average molecular weight is 458 g/mol. The standard InChI is InChI=1S/C26H29Cl2NO2/c1-3-13-26(2)16-23(19-6-4-7-21(28)15-19)24(18-9-11-20(27)12-10-18)29(25(26)30)22-8-5-14-31-17-22/h3-4,6-7,9-12,15,22-24H,1,5,8,13-14,16-17H2,2H3/t22?,23?,24-,26?/m1/s1. The SMILES string of the molecule is C=CCC1(C)CC(c2cccc(Cl)c2)[C@@H](c2ccc(Cl)cc2)N(C2CCCOC2)C1=O. The molecule has 31 heavy (non-hydrogen) atoms. The van der Waals surface area contributed by atoms with Crippen molar-refractivity contribution in [3.63, 3.8) is 0 Å². The number of likely N-dealkylation sites (tertiary alicyclic amines) is 1. The van der Waals surface area contributed by atoms with Crippen LogP contribution in [0.4, 0.5) is 0 Å². The normalized spacial score (nSPS) is 29.1. The summed E-state index contributed by atoms with van der Waals surface area (Å²) in [5, 5.41) is 1.40. The molecule has 2 aliphatic rings. The summed E-state index contributed by atoms with van der Waals surface area (Å²) in [7, 11) is 0. The highest BCUT2D eigenvalue weighted by atomic mass is 35.5. The van der Waals surface area contributed by atoms with E-state index in [1.54, 1.807) is 0 Å². The van der Waals surface area contributed by atoms with Gasteiger partial charge in [-0.15, -0.1) is 6.58 Å². The van der Waals surface area contributed by atoms with Crippen molar-refractivity contribution in [2.45, 2.75) is 50.6 Å². The molecule has 0 N–H and O–H groups in total. The van der Waals surface area contributed by atoms with Gasteiger partial charge in [-0.05, 0) is 61.1 Å². The highest BCUT2D eigenvalue weighted by Gasteiger charge is 2.51. The van der Waals surface area contributed by atoms with Gasteiger partial charge in [-0.1, -0.05) is 60.5 Å². The van der Waals surface area contributed by atoms with Gasteiger partial charge in [0.25, 0.3) is 0 Å². The lowest BCUT2D eigenvalue weighted by Gasteiger charge is -2.52. The second-order valence-electron chi connectivity index (χ2n) is 9.00. The maximum absolute atomic E-state index is 14.0. The third-order valence-corrected chi connectivity index (χ3v) is 7.20. The van der Waals surface area contributed by atoms with E-state index in [2.05, 4.69) is 24.5 Å². The Morgan fingerprint density at radius 2 is 1.94 bits per heavy atom. The van der Waals surface area contributed by atoms with Gasteiger partial charge in [0.05, 0.1) is 24.1 Å². The van der Waals surface area contributed by atoms with Gasteiger partial charge >= 0.3 is 0 Å². The highest BCUT2D eigenvalue weighted by Crippen LogP contribution is 2.52. The Morgan fingerprint density at radius 3 is 2.58 bits per heavy atom. The minimum absolute atomic E-state index is 0.0491. The Balaban J connectivity index is 1.87. The van der Waals surface area contributed by atoms with Crippen LogP contribution in [0.5, 0.6) is 0 Å². The second-order valence-corrected chi connectivity index (χ2v) is 9.87. The van der Waals surface area contributed by atoms with E-state index in [4.69, 9.17) is 27.9 Å². The molecule has 4 atom stereocenters. The smallest absolute Gasteiger partial charge is 0.229 e. The molecular weight excluding hydrogens is 429 g/mol. The summed E-state index contributed by atoms with van der Waals surface area (Å²) in [5.41, 5.74) is 1.72. The molecule has 3 nitrogen and oxygen atoms in total. The highest BCUT2D eigenvalue weighted by molar-refractivity contribution is 6.30. The maximum atomic E-state index is 14.0. The summed E-state index contributed by atoms with van der Waals surface area (Å²) in [6.07, 6.45) is 5.14. The number of ether oxygens (including phenoxy) is 1. The fraction of sp³-hybridized carbons (Fsp3) is 0.423. The van der Waals surface area contributed by atoms with Crippen LogP contribution in [-0.4, -0.2) is 30.1 Å². The zero-order chi connectivity index (χ0) is 22.0. The number of halogens is 2. The summed E-state index contributed by atoms with van der Waals surface area (Å²) >= 11 is 12.6. The van der Waals surface area contributed by atoms with Gasteiger partial charge in [0, 0.05) is 22.6 Å². The fourth-order valence-electron chi connectivity index (χ4n) is 5.23. The molecule has 0 aliphatic carbocycles. The Labute approximate surface area is 195 Å². The van der Waals surface area contributed by atoms with Crippen LogP contribution >= 0.6 is 23.2 Å². The molecular formula is C26H29Cl2NO2. The minimum Gasteiger partial charge on any atom is -0.379 e. The summed E-state index contributed by atoms with van der Waals surface area (Å²) in [4.78, 5) is 16.1. The van der Waals surface area contributed by atoms with Gasteiger partial charge in [-0.2, -0.15) is 0 Å². The molecule has 5 heteroatoms. The van der Waals surface area contributed by atoms with Crippen molar-refractivity contribution in [3.8, 4) is 0 Å². The Morgan fingerprint density at radius 1 is 1.16 bits per heavy atom. The third-order valence-electron chi connectivity index (χ3n) is 6.71. The number of piperidine rings is 1. The number of nitrogens with zero attached hydrogens (tertiary/aromatic N) is 1.